The Morgan fingerprint density at radius 3 is 2.46 bits per heavy atom. The molecular weight excluding hydrogens is 336 g/mol. The number of benzene rings is 1. The summed E-state index contributed by atoms with van der Waals surface area (Å²) in [6.07, 6.45) is 9.73. The lowest BCUT2D eigenvalue weighted by Gasteiger charge is -2.40. The molecule has 3 unspecified atom stereocenters. The molecule has 0 aliphatic rings. The van der Waals surface area contributed by atoms with Gasteiger partial charge in [0, 0.05) is 16.4 Å². The highest BCUT2D eigenvalue weighted by Crippen LogP contribution is 2.44. The molecule has 1 rings (SSSR count). The highest BCUT2D eigenvalue weighted by atomic mass is 32.2. The Kier molecular flexibility index (Phi) is 10.7. The molecule has 0 spiro atoms. The monoisotopic (exact) mass is 374 g/mol. The number of hydrogen-bond donors (Lipinski definition) is 1. The smallest absolute Gasteiger partial charge is 0.0856 e. The van der Waals surface area contributed by atoms with E-state index in [1.54, 1.807) is 0 Å². The Balaban J connectivity index is 3.15. The van der Waals surface area contributed by atoms with Gasteiger partial charge in [-0.25, -0.2) is 4.99 Å². The molecule has 0 aliphatic heterocycles. The van der Waals surface area contributed by atoms with Crippen LogP contribution in [0.3, 0.4) is 0 Å². The molecule has 2 nitrogen and oxygen atoms in total. The maximum Gasteiger partial charge on any atom is 0.0856 e. The van der Waals surface area contributed by atoms with Crippen molar-refractivity contribution in [1.82, 2.24) is 0 Å². The van der Waals surface area contributed by atoms with Crippen LogP contribution in [0.5, 0.6) is 0 Å². The van der Waals surface area contributed by atoms with Gasteiger partial charge in [-0.2, -0.15) is 11.8 Å². The molecule has 0 aromatic heterocycles. The third-order valence-electron chi connectivity index (χ3n) is 5.52. The summed E-state index contributed by atoms with van der Waals surface area (Å²) in [6.45, 7) is 11.5. The standard InChI is InChI=1S/C23H38N2S/c1-6-9-13-16-23(5,26-8-3)19(4)21(22(7-2)25-18-24)17-20-14-11-10-12-15-20/h7,10-12,14-15,18-19,21H,6,8-9,13,16-17H2,1-5H3,(H2,24,25)/b22-7-. The number of nitrogens with two attached hydrogens (primary N) is 1. The quantitative estimate of drug-likeness (QED) is 0.259. The Morgan fingerprint density at radius 2 is 1.92 bits per heavy atom. The molecule has 3 atom stereocenters. The van der Waals surface area contributed by atoms with Gasteiger partial charge in [-0.15, -0.1) is 0 Å². The summed E-state index contributed by atoms with van der Waals surface area (Å²) in [4.78, 5) is 4.53. The fourth-order valence-corrected chi connectivity index (χ4v) is 5.16. The van der Waals surface area contributed by atoms with Crippen molar-refractivity contribution in [2.24, 2.45) is 22.6 Å². The molecule has 2 N–H and O–H groups in total. The highest BCUT2D eigenvalue weighted by Gasteiger charge is 2.37. The fraction of sp³-hybridized carbons (Fsp3) is 0.609. The molecular formula is C23H38N2S. The summed E-state index contributed by atoms with van der Waals surface area (Å²) in [5, 5.41) is 0. The van der Waals surface area contributed by atoms with Gasteiger partial charge in [-0.3, -0.25) is 0 Å². The van der Waals surface area contributed by atoms with Crippen LogP contribution in [-0.4, -0.2) is 16.8 Å². The fourth-order valence-electron chi connectivity index (χ4n) is 3.79. The first-order valence-electron chi connectivity index (χ1n) is 10.1. The first-order valence-corrected chi connectivity index (χ1v) is 11.1. The summed E-state index contributed by atoms with van der Waals surface area (Å²) < 4.78 is 0.252. The lowest BCUT2D eigenvalue weighted by molar-refractivity contribution is 0.302. The SMILES string of the molecule is C/C=C(\N=C/N)C(Cc1ccccc1)C(C)C(C)(CCCCC)SCC. The number of rotatable bonds is 12. The van der Waals surface area contributed by atoms with E-state index < -0.39 is 0 Å². The molecule has 0 aliphatic carbocycles. The van der Waals surface area contributed by atoms with Gasteiger partial charge in [-0.05, 0) is 37.0 Å². The Bertz CT molecular complexity index is 553. The number of hydrogen-bond acceptors (Lipinski definition) is 2. The van der Waals surface area contributed by atoms with E-state index in [0.717, 1.165) is 17.9 Å². The highest BCUT2D eigenvalue weighted by molar-refractivity contribution is 8.00. The van der Waals surface area contributed by atoms with E-state index in [1.807, 2.05) is 0 Å². The number of thioether (sulfide) groups is 1. The Morgan fingerprint density at radius 1 is 1.23 bits per heavy atom. The maximum absolute atomic E-state index is 5.66. The number of allylic oxidation sites excluding steroid dienone is 2. The molecule has 0 saturated heterocycles. The summed E-state index contributed by atoms with van der Waals surface area (Å²) >= 11 is 2.11. The Hall–Kier alpha value is -1.22. The second kappa shape index (κ2) is 12.2. The van der Waals surface area contributed by atoms with E-state index in [0.29, 0.717) is 11.8 Å². The van der Waals surface area contributed by atoms with Crippen LogP contribution in [0.15, 0.2) is 47.1 Å². The molecule has 0 radical (unpaired) electrons. The number of nitrogens with zero attached hydrogens (tertiary/aromatic N) is 1. The predicted octanol–water partition coefficient (Wildman–Crippen LogP) is 6.46. The van der Waals surface area contributed by atoms with Crippen molar-refractivity contribution in [2.45, 2.75) is 71.5 Å². The van der Waals surface area contributed by atoms with Gasteiger partial charge in [0.1, 0.15) is 0 Å². The van der Waals surface area contributed by atoms with E-state index in [9.17, 15) is 0 Å². The van der Waals surface area contributed by atoms with Crippen LogP contribution in [-0.2, 0) is 6.42 Å². The van der Waals surface area contributed by atoms with Gasteiger partial charge in [-0.1, -0.05) is 83.4 Å². The zero-order valence-corrected chi connectivity index (χ0v) is 18.2. The molecule has 1 aromatic rings. The van der Waals surface area contributed by atoms with E-state index in [4.69, 9.17) is 5.73 Å². The average Bonchev–Trinajstić information content (AvgIpc) is 2.65. The number of unbranched alkanes of at least 4 members (excludes halogenated alkanes) is 2. The third kappa shape index (κ3) is 6.83. The van der Waals surface area contributed by atoms with Crippen molar-refractivity contribution in [3.05, 3.63) is 47.7 Å². The second-order valence-electron chi connectivity index (χ2n) is 7.28. The van der Waals surface area contributed by atoms with Crippen molar-refractivity contribution in [2.75, 3.05) is 5.75 Å². The third-order valence-corrected chi connectivity index (χ3v) is 7.04. The molecule has 0 saturated carbocycles. The molecule has 0 heterocycles. The molecule has 0 amide bonds. The first kappa shape index (κ1) is 22.8. The van der Waals surface area contributed by atoms with E-state index in [2.05, 4.69) is 87.8 Å². The zero-order valence-electron chi connectivity index (χ0n) is 17.4. The predicted molar refractivity (Wildman–Crippen MR) is 120 cm³/mol. The molecule has 146 valence electrons. The van der Waals surface area contributed by atoms with Gasteiger partial charge >= 0.3 is 0 Å². The maximum atomic E-state index is 5.66. The number of aliphatic imine (C=N–C) groups is 1. The second-order valence-corrected chi connectivity index (χ2v) is 9.08. The van der Waals surface area contributed by atoms with Crippen LogP contribution >= 0.6 is 11.8 Å². The van der Waals surface area contributed by atoms with E-state index in [1.165, 1.54) is 37.6 Å². The van der Waals surface area contributed by atoms with E-state index >= 15 is 0 Å². The van der Waals surface area contributed by atoms with Crippen molar-refractivity contribution in [3.63, 3.8) is 0 Å². The minimum absolute atomic E-state index is 0.252. The van der Waals surface area contributed by atoms with Crippen LogP contribution in [0.4, 0.5) is 0 Å². The minimum Gasteiger partial charge on any atom is -0.390 e. The van der Waals surface area contributed by atoms with Crippen LogP contribution in [0.1, 0.15) is 65.9 Å². The van der Waals surface area contributed by atoms with Crippen LogP contribution < -0.4 is 5.73 Å². The largest absolute Gasteiger partial charge is 0.390 e. The Labute approximate surface area is 165 Å². The molecule has 0 bridgehead atoms. The van der Waals surface area contributed by atoms with Crippen molar-refractivity contribution in [1.29, 1.82) is 0 Å². The molecule has 26 heavy (non-hydrogen) atoms. The van der Waals surface area contributed by atoms with Gasteiger partial charge < -0.3 is 5.73 Å². The lowest BCUT2D eigenvalue weighted by atomic mass is 9.76. The molecule has 3 heteroatoms. The topological polar surface area (TPSA) is 38.4 Å². The zero-order chi connectivity index (χ0) is 19.4. The van der Waals surface area contributed by atoms with Gasteiger partial charge in [0.25, 0.3) is 0 Å². The summed E-state index contributed by atoms with van der Waals surface area (Å²) in [7, 11) is 0. The summed E-state index contributed by atoms with van der Waals surface area (Å²) in [6, 6.07) is 10.8. The van der Waals surface area contributed by atoms with Gasteiger partial charge in [0.15, 0.2) is 0 Å². The summed E-state index contributed by atoms with van der Waals surface area (Å²) in [5.74, 6) is 2.03. The van der Waals surface area contributed by atoms with Crippen LogP contribution in [0.25, 0.3) is 0 Å². The van der Waals surface area contributed by atoms with Gasteiger partial charge in [0.05, 0.1) is 6.34 Å². The van der Waals surface area contributed by atoms with Gasteiger partial charge in [0.2, 0.25) is 0 Å². The van der Waals surface area contributed by atoms with Crippen molar-refractivity contribution in [3.8, 4) is 0 Å². The van der Waals surface area contributed by atoms with Crippen molar-refractivity contribution < 1.29 is 0 Å². The lowest BCUT2D eigenvalue weighted by Crippen LogP contribution is -2.36. The first-order chi connectivity index (χ1) is 12.5. The molecule has 0 fully saturated rings. The molecule has 1 aromatic carbocycles. The summed E-state index contributed by atoms with van der Waals surface area (Å²) in [5.41, 5.74) is 8.15. The normalized spacial score (nSPS) is 17.2. The average molecular weight is 375 g/mol. The van der Waals surface area contributed by atoms with E-state index in [-0.39, 0.29) is 4.75 Å². The minimum atomic E-state index is 0.252. The van der Waals surface area contributed by atoms with Crippen LogP contribution in [0.2, 0.25) is 0 Å². The van der Waals surface area contributed by atoms with Crippen molar-refractivity contribution >= 4 is 18.1 Å². The van der Waals surface area contributed by atoms with Crippen LogP contribution in [0, 0.1) is 11.8 Å².